The van der Waals surface area contributed by atoms with Crippen LogP contribution in [0.25, 0.3) is 0 Å². The number of aliphatic hydroxyl groups excluding tert-OH is 1. The summed E-state index contributed by atoms with van der Waals surface area (Å²) in [6.45, 7) is 4.21. The first-order valence-corrected chi connectivity index (χ1v) is 4.04. The second kappa shape index (κ2) is 6.87. The highest BCUT2D eigenvalue weighted by Crippen LogP contribution is 1.89. The van der Waals surface area contributed by atoms with Gasteiger partial charge in [0.25, 0.3) is 0 Å². The Kier molecular flexibility index (Phi) is 6.41. The van der Waals surface area contributed by atoms with Gasteiger partial charge in [0.15, 0.2) is 5.84 Å². The van der Waals surface area contributed by atoms with Gasteiger partial charge in [0.2, 0.25) is 0 Å². The first kappa shape index (κ1) is 11.2. The van der Waals surface area contributed by atoms with Crippen LogP contribution in [0.1, 0.15) is 13.3 Å². The lowest BCUT2D eigenvalue weighted by atomic mass is 10.4. The molecular formula is C7H17N3O2. The van der Waals surface area contributed by atoms with Crippen LogP contribution in [-0.2, 0) is 0 Å². The smallest absolute Gasteiger partial charge is 0.153 e. The Morgan fingerprint density at radius 3 is 2.67 bits per heavy atom. The molecule has 0 fully saturated rings. The van der Waals surface area contributed by atoms with E-state index in [1.165, 1.54) is 0 Å². The van der Waals surface area contributed by atoms with Gasteiger partial charge in [-0.1, -0.05) is 12.1 Å². The van der Waals surface area contributed by atoms with Crippen LogP contribution >= 0.6 is 0 Å². The molecule has 0 bridgehead atoms. The van der Waals surface area contributed by atoms with Gasteiger partial charge >= 0.3 is 0 Å². The zero-order valence-electron chi connectivity index (χ0n) is 7.40. The summed E-state index contributed by atoms with van der Waals surface area (Å²) in [4.78, 5) is 1.99. The number of nitrogens with two attached hydrogens (primary N) is 1. The summed E-state index contributed by atoms with van der Waals surface area (Å²) in [5, 5.41) is 19.7. The summed E-state index contributed by atoms with van der Waals surface area (Å²) in [7, 11) is 0. The largest absolute Gasteiger partial charge is 0.409 e. The standard InChI is InChI=1S/C7H17N3O2/c1-2-10(4-3-5-11)6-7(8)9-12/h11-12H,2-6H2,1H3,(H2,8,9). The maximum absolute atomic E-state index is 8.56. The molecule has 0 aromatic heterocycles. The van der Waals surface area contributed by atoms with Crippen molar-refractivity contribution in [2.75, 3.05) is 26.2 Å². The van der Waals surface area contributed by atoms with E-state index in [1.54, 1.807) is 0 Å². The third-order valence-electron chi connectivity index (χ3n) is 1.59. The molecule has 72 valence electrons. The maximum atomic E-state index is 8.56. The number of oxime groups is 1. The van der Waals surface area contributed by atoms with Crippen molar-refractivity contribution in [3.05, 3.63) is 0 Å². The molecule has 0 heterocycles. The van der Waals surface area contributed by atoms with E-state index >= 15 is 0 Å². The summed E-state index contributed by atoms with van der Waals surface area (Å²) in [6, 6.07) is 0. The quantitative estimate of drug-likeness (QED) is 0.219. The molecule has 0 amide bonds. The highest BCUT2D eigenvalue weighted by atomic mass is 16.4. The van der Waals surface area contributed by atoms with Crippen molar-refractivity contribution in [2.45, 2.75) is 13.3 Å². The van der Waals surface area contributed by atoms with Gasteiger partial charge in [-0.2, -0.15) is 0 Å². The number of aliphatic hydroxyl groups is 1. The fourth-order valence-corrected chi connectivity index (χ4v) is 0.904. The van der Waals surface area contributed by atoms with Gasteiger partial charge in [-0.15, -0.1) is 0 Å². The predicted octanol–water partition coefficient (Wildman–Crippen LogP) is -0.563. The van der Waals surface area contributed by atoms with Crippen molar-refractivity contribution in [1.82, 2.24) is 4.90 Å². The number of rotatable bonds is 6. The van der Waals surface area contributed by atoms with Gasteiger partial charge in [-0.05, 0) is 13.0 Å². The molecule has 0 aromatic carbocycles. The average Bonchev–Trinajstić information content (AvgIpc) is 2.11. The Bertz CT molecular complexity index is 139. The summed E-state index contributed by atoms with van der Waals surface area (Å²) in [6.07, 6.45) is 0.715. The van der Waals surface area contributed by atoms with Crippen LogP contribution in [-0.4, -0.2) is 47.3 Å². The first-order valence-electron chi connectivity index (χ1n) is 4.04. The molecule has 0 spiro atoms. The molecule has 4 N–H and O–H groups in total. The highest BCUT2D eigenvalue weighted by molar-refractivity contribution is 5.81. The van der Waals surface area contributed by atoms with Crippen LogP contribution in [0.2, 0.25) is 0 Å². The van der Waals surface area contributed by atoms with Crippen LogP contribution in [0.15, 0.2) is 5.16 Å². The third kappa shape index (κ3) is 4.92. The molecule has 0 unspecified atom stereocenters. The first-order chi connectivity index (χ1) is 5.74. The summed E-state index contributed by atoms with van der Waals surface area (Å²) >= 11 is 0. The van der Waals surface area contributed by atoms with E-state index in [4.69, 9.17) is 16.0 Å². The van der Waals surface area contributed by atoms with Crippen molar-refractivity contribution in [3.8, 4) is 0 Å². The summed E-state index contributed by atoms with van der Waals surface area (Å²) in [5.41, 5.74) is 5.32. The lowest BCUT2D eigenvalue weighted by molar-refractivity contribution is 0.242. The maximum Gasteiger partial charge on any atom is 0.153 e. The van der Waals surface area contributed by atoms with Gasteiger partial charge in [0, 0.05) is 13.2 Å². The summed E-state index contributed by atoms with van der Waals surface area (Å²) in [5.74, 6) is 0.204. The fraction of sp³-hybridized carbons (Fsp3) is 0.857. The van der Waals surface area contributed by atoms with E-state index in [1.807, 2.05) is 11.8 Å². The molecule has 0 aliphatic carbocycles. The number of hydrogen-bond acceptors (Lipinski definition) is 4. The predicted molar refractivity (Wildman–Crippen MR) is 47.2 cm³/mol. The number of likely N-dealkylation sites (N-methyl/N-ethyl adjacent to an activating group) is 1. The molecule has 0 radical (unpaired) electrons. The van der Waals surface area contributed by atoms with E-state index in [0.717, 1.165) is 13.1 Å². The Labute approximate surface area is 72.5 Å². The monoisotopic (exact) mass is 175 g/mol. The second-order valence-electron chi connectivity index (χ2n) is 2.54. The van der Waals surface area contributed by atoms with E-state index < -0.39 is 0 Å². The van der Waals surface area contributed by atoms with Gasteiger partial charge in [0.1, 0.15) is 0 Å². The van der Waals surface area contributed by atoms with Gasteiger partial charge in [-0.3, -0.25) is 4.90 Å². The van der Waals surface area contributed by atoms with Gasteiger partial charge < -0.3 is 16.0 Å². The molecule has 0 aliphatic rings. The molecule has 5 heteroatoms. The summed E-state index contributed by atoms with van der Waals surface area (Å²) < 4.78 is 0. The SMILES string of the molecule is CCN(CCCO)CC(N)=NO. The van der Waals surface area contributed by atoms with Crippen LogP contribution < -0.4 is 5.73 Å². The van der Waals surface area contributed by atoms with E-state index in [2.05, 4.69) is 5.16 Å². The molecule has 0 atom stereocenters. The number of amidine groups is 1. The Morgan fingerprint density at radius 2 is 2.25 bits per heavy atom. The van der Waals surface area contributed by atoms with Crippen molar-refractivity contribution in [3.63, 3.8) is 0 Å². The third-order valence-corrected chi connectivity index (χ3v) is 1.59. The van der Waals surface area contributed by atoms with Crippen LogP contribution in [0, 0.1) is 0 Å². The zero-order valence-corrected chi connectivity index (χ0v) is 7.40. The van der Waals surface area contributed by atoms with Crippen LogP contribution in [0.5, 0.6) is 0 Å². The van der Waals surface area contributed by atoms with Gasteiger partial charge in [0.05, 0.1) is 6.54 Å². The topological polar surface area (TPSA) is 82.1 Å². The molecule has 0 rings (SSSR count). The molecule has 12 heavy (non-hydrogen) atoms. The number of nitrogens with zero attached hydrogens (tertiary/aromatic N) is 2. The van der Waals surface area contributed by atoms with E-state index in [0.29, 0.717) is 13.0 Å². The molecular weight excluding hydrogens is 158 g/mol. The Balaban J connectivity index is 3.67. The normalized spacial score (nSPS) is 12.4. The van der Waals surface area contributed by atoms with Crippen molar-refractivity contribution in [1.29, 1.82) is 0 Å². The highest BCUT2D eigenvalue weighted by Gasteiger charge is 2.03. The molecule has 0 aliphatic heterocycles. The molecule has 0 saturated carbocycles. The van der Waals surface area contributed by atoms with E-state index in [-0.39, 0.29) is 12.4 Å². The van der Waals surface area contributed by atoms with Crippen molar-refractivity contribution < 1.29 is 10.3 Å². The number of hydrogen-bond donors (Lipinski definition) is 3. The fourth-order valence-electron chi connectivity index (χ4n) is 0.904. The molecule has 0 aromatic rings. The molecule has 5 nitrogen and oxygen atoms in total. The lowest BCUT2D eigenvalue weighted by Gasteiger charge is -2.18. The Hall–Kier alpha value is -0.810. The van der Waals surface area contributed by atoms with Crippen molar-refractivity contribution >= 4 is 5.84 Å². The minimum absolute atomic E-state index is 0.173. The minimum Gasteiger partial charge on any atom is -0.409 e. The van der Waals surface area contributed by atoms with Crippen molar-refractivity contribution in [2.24, 2.45) is 10.9 Å². The van der Waals surface area contributed by atoms with Crippen LogP contribution in [0.3, 0.4) is 0 Å². The van der Waals surface area contributed by atoms with E-state index in [9.17, 15) is 0 Å². The second-order valence-corrected chi connectivity index (χ2v) is 2.54. The lowest BCUT2D eigenvalue weighted by Crippen LogP contribution is -2.34. The Morgan fingerprint density at radius 1 is 1.58 bits per heavy atom. The van der Waals surface area contributed by atoms with Gasteiger partial charge in [-0.25, -0.2) is 0 Å². The zero-order chi connectivity index (χ0) is 9.40. The minimum atomic E-state index is 0.173. The molecule has 0 saturated heterocycles. The van der Waals surface area contributed by atoms with Crippen LogP contribution in [0.4, 0.5) is 0 Å². The average molecular weight is 175 g/mol.